The third-order valence-corrected chi connectivity index (χ3v) is 1.95. The van der Waals surface area contributed by atoms with Gasteiger partial charge in [-0.25, -0.2) is 0 Å². The maximum atomic E-state index is 10.7. The molecule has 0 heterocycles. The van der Waals surface area contributed by atoms with Crippen LogP contribution in [0.15, 0.2) is 13.2 Å². The smallest absolute Gasteiger partial charge is 0.133 e. The van der Waals surface area contributed by atoms with Gasteiger partial charge in [-0.1, -0.05) is 0 Å². The van der Waals surface area contributed by atoms with E-state index in [4.69, 9.17) is 0 Å². The predicted molar refractivity (Wildman–Crippen MR) is 47.6 cm³/mol. The highest BCUT2D eigenvalue weighted by Crippen LogP contribution is 2.13. The Kier molecular flexibility index (Phi) is 5.75. The van der Waals surface area contributed by atoms with Gasteiger partial charge in [0, 0.05) is 18.9 Å². The molecule has 1 saturated carbocycles. The fourth-order valence-electron chi connectivity index (χ4n) is 1.23. The van der Waals surface area contributed by atoms with Gasteiger partial charge in [0.2, 0.25) is 0 Å². The predicted octanol–water partition coefficient (Wildman–Crippen LogP) is 1.52. The third-order valence-electron chi connectivity index (χ3n) is 1.95. The SMILES string of the molecule is C=C.CNC1CCC(=O)CC1. The molecule has 0 aromatic carbocycles. The van der Waals surface area contributed by atoms with Crippen LogP contribution in [0.25, 0.3) is 0 Å². The van der Waals surface area contributed by atoms with Gasteiger partial charge in [-0.15, -0.1) is 13.2 Å². The van der Waals surface area contributed by atoms with Gasteiger partial charge in [0.25, 0.3) is 0 Å². The molecule has 1 rings (SSSR count). The number of rotatable bonds is 1. The van der Waals surface area contributed by atoms with Crippen molar-refractivity contribution in [3.8, 4) is 0 Å². The Morgan fingerprint density at radius 1 is 1.36 bits per heavy atom. The molecule has 1 aliphatic carbocycles. The van der Waals surface area contributed by atoms with Crippen molar-refractivity contribution >= 4 is 5.78 Å². The van der Waals surface area contributed by atoms with E-state index in [1.165, 1.54) is 0 Å². The lowest BCUT2D eigenvalue weighted by molar-refractivity contribution is -0.120. The van der Waals surface area contributed by atoms with Crippen LogP contribution in [0.2, 0.25) is 0 Å². The number of Topliss-reactive ketones (excluding diaryl/α,β-unsaturated/α-hetero) is 1. The Labute approximate surface area is 68.7 Å². The first kappa shape index (κ1) is 10.4. The Morgan fingerprint density at radius 2 is 1.82 bits per heavy atom. The fraction of sp³-hybridized carbons (Fsp3) is 0.667. The van der Waals surface area contributed by atoms with Crippen LogP contribution in [-0.4, -0.2) is 18.9 Å². The van der Waals surface area contributed by atoms with Crippen LogP contribution in [0, 0.1) is 0 Å². The minimum Gasteiger partial charge on any atom is -0.317 e. The maximum absolute atomic E-state index is 10.7. The second-order valence-corrected chi connectivity index (χ2v) is 2.60. The molecule has 0 aromatic heterocycles. The van der Waals surface area contributed by atoms with E-state index in [1.54, 1.807) is 0 Å². The third kappa shape index (κ3) is 3.94. The lowest BCUT2D eigenvalue weighted by Crippen LogP contribution is -2.29. The van der Waals surface area contributed by atoms with Crippen molar-refractivity contribution in [2.75, 3.05) is 7.05 Å². The van der Waals surface area contributed by atoms with Crippen molar-refractivity contribution in [3.05, 3.63) is 13.2 Å². The summed E-state index contributed by atoms with van der Waals surface area (Å²) in [5, 5.41) is 3.17. The van der Waals surface area contributed by atoms with E-state index in [9.17, 15) is 4.79 Å². The molecule has 0 spiro atoms. The van der Waals surface area contributed by atoms with Gasteiger partial charge in [0.15, 0.2) is 0 Å². The molecule has 11 heavy (non-hydrogen) atoms. The first-order valence-electron chi connectivity index (χ1n) is 4.02. The molecular formula is C9H17NO. The number of ketones is 1. The van der Waals surface area contributed by atoms with Crippen molar-refractivity contribution in [2.24, 2.45) is 0 Å². The minimum atomic E-state index is 0.432. The number of carbonyl (C=O) groups is 1. The molecule has 1 N–H and O–H groups in total. The van der Waals surface area contributed by atoms with Gasteiger partial charge in [0.1, 0.15) is 5.78 Å². The van der Waals surface area contributed by atoms with E-state index in [2.05, 4.69) is 18.5 Å². The van der Waals surface area contributed by atoms with Crippen molar-refractivity contribution in [3.63, 3.8) is 0 Å². The highest BCUT2D eigenvalue weighted by molar-refractivity contribution is 5.79. The van der Waals surface area contributed by atoms with Gasteiger partial charge in [-0.3, -0.25) is 4.79 Å². The zero-order chi connectivity index (χ0) is 8.69. The Balaban J connectivity index is 0.000000461. The van der Waals surface area contributed by atoms with E-state index < -0.39 is 0 Å². The summed E-state index contributed by atoms with van der Waals surface area (Å²) in [6.45, 7) is 6.00. The van der Waals surface area contributed by atoms with Gasteiger partial charge in [0.05, 0.1) is 0 Å². The number of hydrogen-bond donors (Lipinski definition) is 1. The monoisotopic (exact) mass is 155 g/mol. The summed E-state index contributed by atoms with van der Waals surface area (Å²) >= 11 is 0. The van der Waals surface area contributed by atoms with Crippen LogP contribution < -0.4 is 5.32 Å². The zero-order valence-corrected chi connectivity index (χ0v) is 7.23. The molecule has 0 atom stereocenters. The maximum Gasteiger partial charge on any atom is 0.133 e. The van der Waals surface area contributed by atoms with Gasteiger partial charge < -0.3 is 5.32 Å². The van der Waals surface area contributed by atoms with Crippen LogP contribution in [0.3, 0.4) is 0 Å². The Bertz CT molecular complexity index is 113. The van der Waals surface area contributed by atoms with Crippen LogP contribution in [0.4, 0.5) is 0 Å². The molecule has 0 radical (unpaired) electrons. The first-order valence-corrected chi connectivity index (χ1v) is 4.02. The lowest BCUT2D eigenvalue weighted by Gasteiger charge is -2.19. The van der Waals surface area contributed by atoms with Gasteiger partial charge in [-0.2, -0.15) is 0 Å². The Morgan fingerprint density at radius 3 is 2.18 bits per heavy atom. The molecule has 0 aliphatic heterocycles. The molecule has 2 heteroatoms. The van der Waals surface area contributed by atoms with Crippen molar-refractivity contribution in [1.82, 2.24) is 5.32 Å². The average molecular weight is 155 g/mol. The molecule has 2 nitrogen and oxygen atoms in total. The lowest BCUT2D eigenvalue weighted by atomic mass is 9.95. The van der Waals surface area contributed by atoms with E-state index >= 15 is 0 Å². The summed E-state index contributed by atoms with van der Waals surface area (Å²) in [5.74, 6) is 0.432. The van der Waals surface area contributed by atoms with Crippen molar-refractivity contribution in [2.45, 2.75) is 31.7 Å². The molecule has 1 aliphatic rings. The largest absolute Gasteiger partial charge is 0.317 e. The molecular weight excluding hydrogens is 138 g/mol. The van der Waals surface area contributed by atoms with Crippen molar-refractivity contribution in [1.29, 1.82) is 0 Å². The second kappa shape index (κ2) is 6.10. The highest BCUT2D eigenvalue weighted by atomic mass is 16.1. The molecule has 64 valence electrons. The number of hydrogen-bond acceptors (Lipinski definition) is 2. The standard InChI is InChI=1S/C7H13NO.C2H4/c1-8-6-2-4-7(9)5-3-6;1-2/h6,8H,2-5H2,1H3;1-2H2. The van der Waals surface area contributed by atoms with Crippen LogP contribution in [0.5, 0.6) is 0 Å². The molecule has 0 saturated heterocycles. The summed E-state index contributed by atoms with van der Waals surface area (Å²) < 4.78 is 0. The van der Waals surface area contributed by atoms with Gasteiger partial charge >= 0.3 is 0 Å². The van der Waals surface area contributed by atoms with Gasteiger partial charge in [-0.05, 0) is 19.9 Å². The van der Waals surface area contributed by atoms with Crippen LogP contribution >= 0.6 is 0 Å². The number of carbonyl (C=O) groups excluding carboxylic acids is 1. The van der Waals surface area contributed by atoms with Crippen LogP contribution in [-0.2, 0) is 4.79 Å². The average Bonchev–Trinajstić information content (AvgIpc) is 2.10. The van der Waals surface area contributed by atoms with E-state index in [0.717, 1.165) is 25.7 Å². The molecule has 0 aromatic rings. The molecule has 0 bridgehead atoms. The van der Waals surface area contributed by atoms with Crippen molar-refractivity contribution < 1.29 is 4.79 Å². The van der Waals surface area contributed by atoms with Crippen LogP contribution in [0.1, 0.15) is 25.7 Å². The topological polar surface area (TPSA) is 29.1 Å². The summed E-state index contributed by atoms with van der Waals surface area (Å²) in [4.78, 5) is 10.7. The normalized spacial score (nSPS) is 18.8. The Hall–Kier alpha value is -0.630. The van der Waals surface area contributed by atoms with E-state index in [-0.39, 0.29) is 0 Å². The minimum absolute atomic E-state index is 0.432. The first-order chi connectivity index (χ1) is 5.33. The molecule has 0 amide bonds. The quantitative estimate of drug-likeness (QED) is 0.582. The number of nitrogens with one attached hydrogen (secondary N) is 1. The highest BCUT2D eigenvalue weighted by Gasteiger charge is 2.15. The molecule has 1 fully saturated rings. The van der Waals surface area contributed by atoms with E-state index in [1.807, 2.05) is 7.05 Å². The van der Waals surface area contributed by atoms with E-state index in [0.29, 0.717) is 11.8 Å². The zero-order valence-electron chi connectivity index (χ0n) is 7.23. The molecule has 0 unspecified atom stereocenters. The summed E-state index contributed by atoms with van der Waals surface area (Å²) in [7, 11) is 1.96. The second-order valence-electron chi connectivity index (χ2n) is 2.60. The summed E-state index contributed by atoms with van der Waals surface area (Å²) in [6, 6.07) is 0.600. The summed E-state index contributed by atoms with van der Waals surface area (Å²) in [5.41, 5.74) is 0. The summed E-state index contributed by atoms with van der Waals surface area (Å²) in [6.07, 6.45) is 3.64. The fourth-order valence-corrected chi connectivity index (χ4v) is 1.23.